The van der Waals surface area contributed by atoms with E-state index in [2.05, 4.69) is 31.0 Å². The third-order valence-corrected chi connectivity index (χ3v) is 7.96. The number of pyridine rings is 1. The zero-order valence-electron chi connectivity index (χ0n) is 22.4. The molecule has 0 radical (unpaired) electrons. The summed E-state index contributed by atoms with van der Waals surface area (Å²) in [6.07, 6.45) is 4.61. The van der Waals surface area contributed by atoms with Crippen LogP contribution in [0.5, 0.6) is 0 Å². The molecular formula is C24H29F6N3O6S2. The number of nitrogens with zero attached hydrogens (tertiary/aromatic N) is 2. The summed E-state index contributed by atoms with van der Waals surface area (Å²) in [5.41, 5.74) is -8.57. The topological polar surface area (TPSA) is 125 Å². The lowest BCUT2D eigenvalue weighted by atomic mass is 9.92. The van der Waals surface area contributed by atoms with Crippen LogP contribution in [0.3, 0.4) is 0 Å². The van der Waals surface area contributed by atoms with Crippen molar-refractivity contribution in [2.75, 3.05) is 6.61 Å². The first-order valence-electron chi connectivity index (χ1n) is 11.6. The summed E-state index contributed by atoms with van der Waals surface area (Å²) in [5.74, 6) is 0. The van der Waals surface area contributed by atoms with Crippen LogP contribution in [0.15, 0.2) is 55.4 Å². The van der Waals surface area contributed by atoms with Crippen LogP contribution in [0.25, 0.3) is 9.70 Å². The van der Waals surface area contributed by atoms with E-state index in [0.717, 1.165) is 27.2 Å². The van der Waals surface area contributed by atoms with E-state index >= 15 is 0 Å². The van der Waals surface area contributed by atoms with Crippen LogP contribution in [0.4, 0.5) is 31.1 Å². The molecule has 1 aromatic heterocycles. The van der Waals surface area contributed by atoms with Crippen LogP contribution in [0.1, 0.15) is 44.4 Å². The summed E-state index contributed by atoms with van der Waals surface area (Å²) in [6.45, 7) is 12.9. The molecule has 2 rings (SSSR count). The molecule has 1 heterocycles. The van der Waals surface area contributed by atoms with Crippen LogP contribution >= 0.6 is 0 Å². The zero-order valence-corrected chi connectivity index (χ0v) is 24.0. The molecule has 0 unspecified atom stereocenters. The highest BCUT2D eigenvalue weighted by Gasteiger charge is 2.46. The maximum atomic E-state index is 12.2. The number of rotatable bonds is 9. The van der Waals surface area contributed by atoms with Gasteiger partial charge in [-0.05, 0) is 49.9 Å². The van der Waals surface area contributed by atoms with Gasteiger partial charge in [0.2, 0.25) is 0 Å². The van der Waals surface area contributed by atoms with Crippen LogP contribution in [0.2, 0.25) is 0 Å². The Morgan fingerprint density at radius 2 is 1.49 bits per heavy atom. The van der Waals surface area contributed by atoms with E-state index in [1.807, 2.05) is 62.0 Å². The molecule has 41 heavy (non-hydrogen) atoms. The third-order valence-electron chi connectivity index (χ3n) is 5.22. The molecule has 1 N–H and O–H groups in total. The minimum atomic E-state index is -6.72. The van der Waals surface area contributed by atoms with E-state index in [9.17, 15) is 48.0 Å². The van der Waals surface area contributed by atoms with Gasteiger partial charge in [0.25, 0.3) is 0 Å². The fourth-order valence-electron chi connectivity index (χ4n) is 2.87. The molecule has 230 valence electrons. The molecule has 1 amide bonds. The fourth-order valence-corrected chi connectivity index (χ4v) is 4.58. The largest absolute Gasteiger partial charge is 0.480 e. The molecule has 0 aliphatic rings. The number of halogens is 6. The first-order valence-corrected chi connectivity index (χ1v) is 14.5. The zero-order chi connectivity index (χ0) is 31.9. The van der Waals surface area contributed by atoms with Crippen LogP contribution < -0.4 is 9.88 Å². The highest BCUT2D eigenvalue weighted by Crippen LogP contribution is 2.36. The van der Waals surface area contributed by atoms with E-state index in [1.54, 1.807) is 0 Å². The third kappa shape index (κ3) is 11.0. The smallest absolute Gasteiger partial charge is 0.443 e. The number of carbonyl (C=O) groups is 1. The number of amides is 1. The number of ether oxygens (including phenoxy) is 1. The van der Waals surface area contributed by atoms with Gasteiger partial charge in [-0.1, -0.05) is 37.3 Å². The average molecular weight is 634 g/mol. The van der Waals surface area contributed by atoms with Crippen molar-refractivity contribution < 1.29 is 57.3 Å². The van der Waals surface area contributed by atoms with Crippen molar-refractivity contribution in [3.63, 3.8) is 0 Å². The number of allylic oxidation sites excluding steroid dienone is 1. The lowest BCUT2D eigenvalue weighted by Gasteiger charge is -2.27. The number of hydrogen-bond donors (Lipinski definition) is 1. The Kier molecular flexibility index (Phi) is 11.9. The normalized spacial score (nSPS) is 12.6. The molecule has 0 aliphatic heterocycles. The van der Waals surface area contributed by atoms with Crippen molar-refractivity contribution in [3.8, 4) is 0 Å². The molecule has 0 bridgehead atoms. The second-order valence-electron chi connectivity index (χ2n) is 8.96. The number of benzene rings is 1. The highest BCUT2D eigenvalue weighted by molar-refractivity contribution is 8.13. The molecular weight excluding hydrogens is 604 g/mol. The Labute approximate surface area is 234 Å². The highest BCUT2D eigenvalue weighted by atomic mass is 32.3. The van der Waals surface area contributed by atoms with Gasteiger partial charge in [0.15, 0.2) is 45.6 Å². The molecule has 9 nitrogen and oxygen atoms in total. The van der Waals surface area contributed by atoms with Gasteiger partial charge in [-0.15, -0.1) is 0 Å². The Morgan fingerprint density at radius 1 is 0.976 bits per heavy atom. The molecule has 0 aliphatic carbocycles. The van der Waals surface area contributed by atoms with Gasteiger partial charge in [0.05, 0.1) is 5.54 Å². The summed E-state index contributed by atoms with van der Waals surface area (Å²) in [5, 5.41) is 2.94. The number of nitrogens with one attached hydrogen (secondary N) is 1. The fraction of sp³-hybridized carbons (Fsp3) is 0.417. The number of hydrogen-bond acceptors (Lipinski definition) is 6. The van der Waals surface area contributed by atoms with Crippen molar-refractivity contribution in [1.29, 1.82) is 0 Å². The van der Waals surface area contributed by atoms with Gasteiger partial charge >= 0.3 is 17.1 Å². The van der Waals surface area contributed by atoms with Crippen molar-refractivity contribution in [1.82, 2.24) is 5.32 Å². The van der Waals surface area contributed by atoms with E-state index in [1.165, 1.54) is 5.56 Å². The number of carbonyl (C=O) groups excluding carboxylic acids is 1. The number of alkyl carbamates (subject to hydrolysis) is 1. The Balaban J connectivity index is 0.000000479. The van der Waals surface area contributed by atoms with Gasteiger partial charge in [-0.3, -0.25) is 0 Å². The van der Waals surface area contributed by atoms with Gasteiger partial charge in [0, 0.05) is 12.1 Å². The Hall–Kier alpha value is -3.18. The van der Waals surface area contributed by atoms with E-state index in [-0.39, 0.29) is 0 Å². The number of aryl methyl sites for hydroxylation is 1. The molecule has 0 spiro atoms. The van der Waals surface area contributed by atoms with Gasteiger partial charge < -0.3 is 14.2 Å². The van der Waals surface area contributed by atoms with E-state index < -0.39 is 42.7 Å². The summed E-state index contributed by atoms with van der Waals surface area (Å²) < 4.78 is 117. The molecule has 0 atom stereocenters. The monoisotopic (exact) mass is 633 g/mol. The van der Waals surface area contributed by atoms with Gasteiger partial charge in [-0.2, -0.15) is 26.3 Å². The Morgan fingerprint density at radius 3 is 1.93 bits per heavy atom. The molecule has 0 fully saturated rings. The number of alkyl halides is 6. The second kappa shape index (κ2) is 13.7. The average Bonchev–Trinajstić information content (AvgIpc) is 2.82. The predicted molar refractivity (Wildman–Crippen MR) is 138 cm³/mol. The number of sulfonamides is 2. The molecule has 0 saturated carbocycles. The van der Waals surface area contributed by atoms with Crippen molar-refractivity contribution >= 4 is 31.7 Å². The minimum Gasteiger partial charge on any atom is -0.443 e. The van der Waals surface area contributed by atoms with Crippen LogP contribution in [0, 0.1) is 0 Å². The molecule has 17 heteroatoms. The minimum absolute atomic E-state index is 0.323. The lowest BCUT2D eigenvalue weighted by molar-refractivity contribution is -0.697. The lowest BCUT2D eigenvalue weighted by Crippen LogP contribution is -2.43. The second-order valence-corrected chi connectivity index (χ2v) is 12.4. The van der Waals surface area contributed by atoms with Gasteiger partial charge in [0.1, 0.15) is 0 Å². The Bertz CT molecular complexity index is 1380. The molecule has 0 saturated heterocycles. The van der Waals surface area contributed by atoms with Crippen LogP contribution in [-0.2, 0) is 43.3 Å². The summed E-state index contributed by atoms with van der Waals surface area (Å²) in [6, 6.07) is 12.2. The predicted octanol–water partition coefficient (Wildman–Crippen LogP) is 5.29. The first-order chi connectivity index (χ1) is 18.5. The maximum Gasteiger partial charge on any atom is 0.480 e. The maximum absolute atomic E-state index is 12.2. The summed E-state index contributed by atoms with van der Waals surface area (Å²) >= 11 is 0. The van der Waals surface area contributed by atoms with Crippen molar-refractivity contribution in [3.05, 3.63) is 76.2 Å². The van der Waals surface area contributed by atoms with E-state index in [4.69, 9.17) is 4.74 Å². The van der Waals surface area contributed by atoms with E-state index in [0.29, 0.717) is 13.2 Å². The number of aromatic nitrogens is 1. The van der Waals surface area contributed by atoms with Crippen LogP contribution in [-0.4, -0.2) is 40.6 Å². The standard InChI is InChI=1S/C22H28N2O2.C2F6NO4S2/c1-6-18-10-12-24(13-11-18)14-15-26-21(25)23-22(4,5)20-9-7-8-19(16-20)17(2)3;3-1(4,5)14(10,11)9-15(12,13)2(6,7)8/h7-13,16H,2,6,14-15H2,1,3-5H3;/q;-1/p+1. The van der Waals surface area contributed by atoms with Gasteiger partial charge in [-0.25, -0.2) is 26.2 Å². The SMILES string of the molecule is C=C(C)c1cccc(C(C)(C)NC(=O)OCC[n+]2ccc(CC)cc2)c1.O=S(=O)([N-]S(=O)(=O)C(F)(F)F)C(F)(F)F. The van der Waals surface area contributed by atoms with Crippen molar-refractivity contribution in [2.45, 2.75) is 57.2 Å². The summed E-state index contributed by atoms with van der Waals surface area (Å²) in [4.78, 5) is 12.2. The summed E-state index contributed by atoms with van der Waals surface area (Å²) in [7, 11) is -13.4. The van der Waals surface area contributed by atoms with Crippen molar-refractivity contribution in [2.24, 2.45) is 0 Å². The molecule has 2 aromatic rings. The first kappa shape index (κ1) is 35.8. The molecule has 1 aromatic carbocycles. The quantitative estimate of drug-likeness (QED) is 0.296.